The SMILES string of the molecule is CN(C)c1ncc(C2(O)CC3CCCC(C2)N3)cn1. The van der Waals surface area contributed by atoms with E-state index in [0.29, 0.717) is 18.0 Å². The van der Waals surface area contributed by atoms with Crippen LogP contribution in [0.2, 0.25) is 0 Å². The number of nitrogens with zero attached hydrogens (tertiary/aromatic N) is 3. The molecule has 5 heteroatoms. The van der Waals surface area contributed by atoms with E-state index < -0.39 is 5.60 Å². The highest BCUT2D eigenvalue weighted by molar-refractivity contribution is 5.29. The molecule has 0 aromatic carbocycles. The molecule has 2 unspecified atom stereocenters. The van der Waals surface area contributed by atoms with Crippen molar-refractivity contribution in [2.24, 2.45) is 0 Å². The number of nitrogens with one attached hydrogen (secondary N) is 1. The van der Waals surface area contributed by atoms with Gasteiger partial charge in [0.2, 0.25) is 5.95 Å². The summed E-state index contributed by atoms with van der Waals surface area (Å²) in [5.74, 6) is 0.682. The van der Waals surface area contributed by atoms with Crippen LogP contribution in [0.25, 0.3) is 0 Å². The molecule has 2 bridgehead atoms. The smallest absolute Gasteiger partial charge is 0.224 e. The van der Waals surface area contributed by atoms with Crippen LogP contribution < -0.4 is 10.2 Å². The summed E-state index contributed by atoms with van der Waals surface area (Å²) in [5, 5.41) is 14.5. The molecule has 0 spiro atoms. The molecule has 2 aliphatic rings. The van der Waals surface area contributed by atoms with Gasteiger partial charge in [0.15, 0.2) is 0 Å². The largest absolute Gasteiger partial charge is 0.385 e. The van der Waals surface area contributed by atoms with Crippen molar-refractivity contribution < 1.29 is 5.11 Å². The fraction of sp³-hybridized carbons (Fsp3) is 0.714. The van der Waals surface area contributed by atoms with E-state index in [1.54, 1.807) is 12.4 Å². The molecule has 0 amide bonds. The lowest BCUT2D eigenvalue weighted by atomic mass is 9.74. The lowest BCUT2D eigenvalue weighted by molar-refractivity contribution is -0.0363. The molecule has 2 atom stereocenters. The highest BCUT2D eigenvalue weighted by atomic mass is 16.3. The van der Waals surface area contributed by atoms with Gasteiger partial charge in [-0.2, -0.15) is 0 Å². The van der Waals surface area contributed by atoms with Crippen LogP contribution in [0.1, 0.15) is 37.7 Å². The predicted octanol–water partition coefficient (Wildman–Crippen LogP) is 1.03. The average Bonchev–Trinajstić information content (AvgIpc) is 2.38. The Morgan fingerprint density at radius 1 is 1.21 bits per heavy atom. The molecular weight excluding hydrogens is 240 g/mol. The number of piperidine rings is 2. The van der Waals surface area contributed by atoms with Gasteiger partial charge in [-0.15, -0.1) is 0 Å². The highest BCUT2D eigenvalue weighted by Crippen LogP contribution is 2.39. The molecule has 19 heavy (non-hydrogen) atoms. The molecule has 0 saturated carbocycles. The van der Waals surface area contributed by atoms with Gasteiger partial charge >= 0.3 is 0 Å². The van der Waals surface area contributed by atoms with E-state index in [-0.39, 0.29) is 0 Å². The number of rotatable bonds is 2. The minimum absolute atomic E-state index is 0.436. The fourth-order valence-electron chi connectivity index (χ4n) is 3.36. The number of anilines is 1. The molecule has 0 radical (unpaired) electrons. The Balaban J connectivity index is 1.83. The lowest BCUT2D eigenvalue weighted by Crippen LogP contribution is -2.54. The standard InChI is InChI=1S/C14H22N4O/c1-18(2)13-15-8-10(9-16-13)14(19)6-11-4-3-5-12(7-14)17-11/h8-9,11-12,17,19H,3-7H2,1-2H3. The molecule has 2 N–H and O–H groups in total. The predicted molar refractivity (Wildman–Crippen MR) is 74.1 cm³/mol. The summed E-state index contributed by atoms with van der Waals surface area (Å²) in [6.45, 7) is 0. The van der Waals surface area contributed by atoms with E-state index in [1.165, 1.54) is 6.42 Å². The van der Waals surface area contributed by atoms with Crippen molar-refractivity contribution in [3.8, 4) is 0 Å². The maximum atomic E-state index is 10.9. The molecule has 2 saturated heterocycles. The lowest BCUT2D eigenvalue weighted by Gasteiger charge is -2.45. The Morgan fingerprint density at radius 3 is 2.32 bits per heavy atom. The third kappa shape index (κ3) is 2.44. The maximum Gasteiger partial charge on any atom is 0.224 e. The van der Waals surface area contributed by atoms with Gasteiger partial charge in [-0.1, -0.05) is 6.42 Å². The zero-order chi connectivity index (χ0) is 13.5. The molecule has 104 valence electrons. The van der Waals surface area contributed by atoms with E-state index in [0.717, 1.165) is 31.2 Å². The average molecular weight is 262 g/mol. The first-order valence-corrected chi connectivity index (χ1v) is 7.05. The first-order chi connectivity index (χ1) is 9.07. The third-order valence-corrected chi connectivity index (χ3v) is 4.32. The molecule has 2 fully saturated rings. The van der Waals surface area contributed by atoms with Crippen LogP contribution in [0.3, 0.4) is 0 Å². The van der Waals surface area contributed by atoms with Gasteiger partial charge in [0.25, 0.3) is 0 Å². The van der Waals surface area contributed by atoms with E-state index in [4.69, 9.17) is 0 Å². The Labute approximate surface area is 114 Å². The second-order valence-corrected chi connectivity index (χ2v) is 6.10. The summed E-state index contributed by atoms with van der Waals surface area (Å²) in [4.78, 5) is 10.5. The molecule has 2 aliphatic heterocycles. The molecule has 1 aromatic heterocycles. The summed E-state index contributed by atoms with van der Waals surface area (Å²) in [5.41, 5.74) is 0.0998. The monoisotopic (exact) mass is 262 g/mol. The van der Waals surface area contributed by atoms with Crippen LogP contribution >= 0.6 is 0 Å². The van der Waals surface area contributed by atoms with Crippen molar-refractivity contribution in [2.75, 3.05) is 19.0 Å². The quantitative estimate of drug-likeness (QED) is 0.834. The zero-order valence-electron chi connectivity index (χ0n) is 11.6. The van der Waals surface area contributed by atoms with Crippen molar-refractivity contribution in [2.45, 2.75) is 49.8 Å². The first-order valence-electron chi connectivity index (χ1n) is 7.05. The van der Waals surface area contributed by atoms with Crippen molar-refractivity contribution in [3.05, 3.63) is 18.0 Å². The fourth-order valence-corrected chi connectivity index (χ4v) is 3.36. The normalized spacial score (nSPS) is 34.1. The van der Waals surface area contributed by atoms with Crippen LogP contribution in [0.15, 0.2) is 12.4 Å². The molecule has 5 nitrogen and oxygen atoms in total. The number of hydrogen-bond donors (Lipinski definition) is 2. The Morgan fingerprint density at radius 2 is 1.79 bits per heavy atom. The van der Waals surface area contributed by atoms with Gasteiger partial charge in [0, 0.05) is 44.1 Å². The van der Waals surface area contributed by atoms with Gasteiger partial charge in [-0.3, -0.25) is 0 Å². The topological polar surface area (TPSA) is 61.3 Å². The second-order valence-electron chi connectivity index (χ2n) is 6.10. The molecule has 3 rings (SSSR count). The van der Waals surface area contributed by atoms with E-state index in [1.807, 2.05) is 19.0 Å². The Bertz CT molecular complexity index is 433. The van der Waals surface area contributed by atoms with E-state index >= 15 is 0 Å². The second kappa shape index (κ2) is 4.72. The summed E-state index contributed by atoms with van der Waals surface area (Å²) in [6, 6.07) is 0.872. The van der Waals surface area contributed by atoms with Crippen molar-refractivity contribution in [3.63, 3.8) is 0 Å². The number of aromatic nitrogens is 2. The van der Waals surface area contributed by atoms with Crippen molar-refractivity contribution in [1.29, 1.82) is 0 Å². The van der Waals surface area contributed by atoms with Crippen LogP contribution in [0, 0.1) is 0 Å². The summed E-state index contributed by atoms with van der Waals surface area (Å²) < 4.78 is 0. The van der Waals surface area contributed by atoms with Crippen molar-refractivity contribution >= 4 is 5.95 Å². The van der Waals surface area contributed by atoms with Gasteiger partial charge in [0.05, 0.1) is 5.60 Å². The molecule has 1 aromatic rings. The van der Waals surface area contributed by atoms with Crippen LogP contribution in [-0.2, 0) is 5.60 Å². The van der Waals surface area contributed by atoms with E-state index in [2.05, 4.69) is 15.3 Å². The van der Waals surface area contributed by atoms with Crippen LogP contribution in [0.5, 0.6) is 0 Å². The number of hydrogen-bond acceptors (Lipinski definition) is 5. The maximum absolute atomic E-state index is 10.9. The minimum Gasteiger partial charge on any atom is -0.385 e. The number of aliphatic hydroxyl groups is 1. The minimum atomic E-state index is -0.758. The van der Waals surface area contributed by atoms with Crippen LogP contribution in [-0.4, -0.2) is 41.3 Å². The van der Waals surface area contributed by atoms with Crippen molar-refractivity contribution in [1.82, 2.24) is 15.3 Å². The molecular formula is C14H22N4O. The van der Waals surface area contributed by atoms with Gasteiger partial charge in [-0.05, 0) is 25.7 Å². The number of fused-ring (bicyclic) bond motifs is 2. The summed E-state index contributed by atoms with van der Waals surface area (Å²) in [7, 11) is 3.83. The summed E-state index contributed by atoms with van der Waals surface area (Å²) in [6.07, 6.45) is 8.70. The van der Waals surface area contributed by atoms with Gasteiger partial charge in [0.1, 0.15) is 0 Å². The highest BCUT2D eigenvalue weighted by Gasteiger charge is 2.42. The molecule has 3 heterocycles. The van der Waals surface area contributed by atoms with Gasteiger partial charge < -0.3 is 15.3 Å². The first kappa shape index (κ1) is 12.8. The third-order valence-electron chi connectivity index (χ3n) is 4.32. The van der Waals surface area contributed by atoms with Gasteiger partial charge in [-0.25, -0.2) is 9.97 Å². The Hall–Kier alpha value is -1.20. The van der Waals surface area contributed by atoms with E-state index in [9.17, 15) is 5.11 Å². The summed E-state index contributed by atoms with van der Waals surface area (Å²) >= 11 is 0. The molecule has 0 aliphatic carbocycles. The zero-order valence-corrected chi connectivity index (χ0v) is 11.6. The van der Waals surface area contributed by atoms with Crippen LogP contribution in [0.4, 0.5) is 5.95 Å². The Kier molecular flexibility index (Phi) is 3.19.